The predicted octanol–water partition coefficient (Wildman–Crippen LogP) is 1.45. The molecule has 3 unspecified atom stereocenters. The molecule has 3 rings (SSSR count). The van der Waals surface area contributed by atoms with E-state index in [0.717, 1.165) is 6.29 Å². The number of hydrogen-bond acceptors (Lipinski definition) is 5. The number of nitrogens with one attached hydrogen (secondary N) is 2. The van der Waals surface area contributed by atoms with Gasteiger partial charge in [-0.1, -0.05) is 13.0 Å². The minimum absolute atomic E-state index is 0.146. The first-order valence-corrected chi connectivity index (χ1v) is 7.88. The molecule has 0 aromatic heterocycles. The van der Waals surface area contributed by atoms with E-state index < -0.39 is 0 Å². The molecule has 1 saturated heterocycles. The van der Waals surface area contributed by atoms with Crippen LogP contribution in [-0.4, -0.2) is 31.3 Å². The van der Waals surface area contributed by atoms with E-state index in [0.29, 0.717) is 23.6 Å². The van der Waals surface area contributed by atoms with Gasteiger partial charge >= 0.3 is 0 Å². The first kappa shape index (κ1) is 16.4. The van der Waals surface area contributed by atoms with E-state index in [2.05, 4.69) is 10.8 Å². The number of carbonyl (C=O) groups excluding carboxylic acids is 2. The zero-order valence-electron chi connectivity index (χ0n) is 13.6. The lowest BCUT2D eigenvalue weighted by atomic mass is 9.90. The van der Waals surface area contributed by atoms with Gasteiger partial charge in [-0.3, -0.25) is 4.79 Å². The van der Waals surface area contributed by atoms with Crippen molar-refractivity contribution in [3.8, 4) is 0 Å². The van der Waals surface area contributed by atoms with E-state index in [1.54, 1.807) is 17.0 Å². The number of rotatable bonds is 5. The van der Waals surface area contributed by atoms with Gasteiger partial charge in [-0.2, -0.15) is 0 Å². The van der Waals surface area contributed by atoms with Crippen LogP contribution in [0.15, 0.2) is 30.0 Å². The second kappa shape index (κ2) is 6.60. The monoisotopic (exact) mass is 333 g/mol. The van der Waals surface area contributed by atoms with E-state index in [9.17, 15) is 14.0 Å². The Labute approximate surface area is 139 Å². The summed E-state index contributed by atoms with van der Waals surface area (Å²) in [5.41, 5.74) is 3.95. The fourth-order valence-electron chi connectivity index (χ4n) is 2.99. The number of hydroxylamine groups is 1. The van der Waals surface area contributed by atoms with E-state index in [1.165, 1.54) is 13.0 Å². The molecule has 1 fully saturated rings. The molecule has 0 radical (unpaired) electrons. The number of halogens is 1. The zero-order chi connectivity index (χ0) is 17.3. The molecule has 7 heteroatoms. The maximum Gasteiger partial charge on any atom is 0.217 e. The van der Waals surface area contributed by atoms with Crippen molar-refractivity contribution >= 4 is 17.9 Å². The third kappa shape index (κ3) is 3.12. The van der Waals surface area contributed by atoms with Gasteiger partial charge in [0.2, 0.25) is 5.91 Å². The quantitative estimate of drug-likeness (QED) is 0.798. The Morgan fingerprint density at radius 1 is 1.54 bits per heavy atom. The molecule has 0 aliphatic carbocycles. The number of benzene rings is 1. The molecule has 3 atom stereocenters. The summed E-state index contributed by atoms with van der Waals surface area (Å²) >= 11 is 0. The summed E-state index contributed by atoms with van der Waals surface area (Å²) in [7, 11) is 0. The molecule has 0 saturated carbocycles. The van der Waals surface area contributed by atoms with Crippen molar-refractivity contribution in [1.82, 2.24) is 10.8 Å². The van der Waals surface area contributed by atoms with Gasteiger partial charge in [0, 0.05) is 19.4 Å². The second-order valence-corrected chi connectivity index (χ2v) is 6.21. The molecule has 128 valence electrons. The summed E-state index contributed by atoms with van der Waals surface area (Å²) in [6, 6.07) is 4.40. The summed E-state index contributed by atoms with van der Waals surface area (Å²) in [6.45, 7) is 4.36. The molecule has 2 aliphatic rings. The summed E-state index contributed by atoms with van der Waals surface area (Å²) in [4.78, 5) is 29.1. The first-order valence-electron chi connectivity index (χ1n) is 7.88. The van der Waals surface area contributed by atoms with Gasteiger partial charge < -0.3 is 19.8 Å². The number of aldehydes is 1. The van der Waals surface area contributed by atoms with Crippen molar-refractivity contribution in [2.75, 3.05) is 18.0 Å². The first-order chi connectivity index (χ1) is 11.5. The minimum Gasteiger partial charge on any atom is -0.411 e. The number of carbonyl (C=O) groups is 2. The number of anilines is 1. The molecule has 1 amide bonds. The summed E-state index contributed by atoms with van der Waals surface area (Å²) in [6.07, 6.45) is 2.66. The van der Waals surface area contributed by atoms with Gasteiger partial charge in [0.15, 0.2) is 0 Å². The average Bonchev–Trinajstić information content (AvgIpc) is 3.00. The maximum atomic E-state index is 14.5. The molecule has 24 heavy (non-hydrogen) atoms. The van der Waals surface area contributed by atoms with Gasteiger partial charge in [0.25, 0.3) is 0 Å². The zero-order valence-corrected chi connectivity index (χ0v) is 13.6. The van der Waals surface area contributed by atoms with Gasteiger partial charge in [-0.25, -0.2) is 4.39 Å². The highest BCUT2D eigenvalue weighted by atomic mass is 19.1. The van der Waals surface area contributed by atoms with Crippen LogP contribution in [0.1, 0.15) is 25.5 Å². The topological polar surface area (TPSA) is 70.7 Å². The maximum absolute atomic E-state index is 14.5. The summed E-state index contributed by atoms with van der Waals surface area (Å²) in [5, 5.41) is 2.64. The minimum atomic E-state index is -0.364. The Bertz CT molecular complexity index is 692. The van der Waals surface area contributed by atoms with Crippen LogP contribution >= 0.6 is 0 Å². The SMILES string of the molecule is CC(=O)NCC1=CC(c2ccc(N3CC(C)C3C=O)c(F)c2)NO1. The van der Waals surface area contributed by atoms with Crippen molar-refractivity contribution in [2.24, 2.45) is 5.92 Å². The number of hydrogen-bond donors (Lipinski definition) is 2. The molecule has 1 aromatic carbocycles. The van der Waals surface area contributed by atoms with Crippen molar-refractivity contribution < 1.29 is 18.8 Å². The van der Waals surface area contributed by atoms with Crippen LogP contribution in [0, 0.1) is 11.7 Å². The summed E-state index contributed by atoms with van der Waals surface area (Å²) in [5.74, 6) is 0.312. The molecule has 0 spiro atoms. The fraction of sp³-hybridized carbons (Fsp3) is 0.412. The highest BCUT2D eigenvalue weighted by molar-refractivity contribution is 5.73. The predicted molar refractivity (Wildman–Crippen MR) is 86.5 cm³/mol. The van der Waals surface area contributed by atoms with Crippen molar-refractivity contribution in [2.45, 2.75) is 25.9 Å². The summed E-state index contributed by atoms with van der Waals surface area (Å²) < 4.78 is 14.5. The van der Waals surface area contributed by atoms with Gasteiger partial charge in [0.1, 0.15) is 17.9 Å². The Hall–Kier alpha value is -2.41. The number of amides is 1. The largest absolute Gasteiger partial charge is 0.411 e. The Balaban J connectivity index is 1.71. The van der Waals surface area contributed by atoms with Crippen LogP contribution in [0.2, 0.25) is 0 Å². The number of nitrogens with zero attached hydrogens (tertiary/aromatic N) is 1. The average molecular weight is 333 g/mol. The highest BCUT2D eigenvalue weighted by Gasteiger charge is 2.36. The van der Waals surface area contributed by atoms with E-state index in [1.807, 2.05) is 13.0 Å². The Kier molecular flexibility index (Phi) is 4.53. The molecule has 6 nitrogen and oxygen atoms in total. The molecular weight excluding hydrogens is 313 g/mol. The molecule has 0 bridgehead atoms. The van der Waals surface area contributed by atoms with Gasteiger partial charge in [-0.15, -0.1) is 5.48 Å². The van der Waals surface area contributed by atoms with E-state index >= 15 is 0 Å². The van der Waals surface area contributed by atoms with Crippen molar-refractivity contribution in [1.29, 1.82) is 0 Å². The van der Waals surface area contributed by atoms with Gasteiger partial charge in [0.05, 0.1) is 24.3 Å². The highest BCUT2D eigenvalue weighted by Crippen LogP contribution is 2.33. The van der Waals surface area contributed by atoms with Crippen molar-refractivity contribution in [3.05, 3.63) is 41.4 Å². The second-order valence-electron chi connectivity index (χ2n) is 6.21. The standard InChI is InChI=1S/C17H20FN3O3/c1-10-8-21(17(10)9-22)16-4-3-12(5-14(16)18)15-6-13(24-20-15)7-19-11(2)23/h3-6,9-10,15,17,20H,7-8H2,1-2H3,(H,19,23). The third-order valence-corrected chi connectivity index (χ3v) is 4.39. The molecule has 1 aromatic rings. The van der Waals surface area contributed by atoms with Gasteiger partial charge in [-0.05, 0) is 23.8 Å². The molecule has 2 N–H and O–H groups in total. The normalized spacial score (nSPS) is 25.5. The Morgan fingerprint density at radius 2 is 2.33 bits per heavy atom. The van der Waals surface area contributed by atoms with Crippen LogP contribution in [0.5, 0.6) is 0 Å². The lowest BCUT2D eigenvalue weighted by Gasteiger charge is -2.45. The van der Waals surface area contributed by atoms with Crippen LogP contribution in [-0.2, 0) is 14.4 Å². The van der Waals surface area contributed by atoms with Crippen LogP contribution in [0.3, 0.4) is 0 Å². The van der Waals surface area contributed by atoms with Crippen LogP contribution in [0.25, 0.3) is 0 Å². The van der Waals surface area contributed by atoms with Crippen LogP contribution in [0.4, 0.5) is 10.1 Å². The van der Waals surface area contributed by atoms with Crippen molar-refractivity contribution in [3.63, 3.8) is 0 Å². The Morgan fingerprint density at radius 3 is 2.96 bits per heavy atom. The lowest BCUT2D eigenvalue weighted by Crippen LogP contribution is -2.56. The third-order valence-electron chi connectivity index (χ3n) is 4.39. The van der Waals surface area contributed by atoms with E-state index in [-0.39, 0.29) is 36.3 Å². The molecule has 2 aliphatic heterocycles. The van der Waals surface area contributed by atoms with Crippen LogP contribution < -0.4 is 15.7 Å². The smallest absolute Gasteiger partial charge is 0.217 e. The lowest BCUT2D eigenvalue weighted by molar-refractivity contribution is -0.119. The van der Waals surface area contributed by atoms with E-state index in [4.69, 9.17) is 4.84 Å². The molecular formula is C17H20FN3O3. The fourth-order valence-corrected chi connectivity index (χ4v) is 2.99. The molecule has 2 heterocycles.